The molecule has 0 amide bonds. The number of carbonyl (C=O) groups excluding carboxylic acids is 1. The molecule has 0 N–H and O–H groups in total. The highest BCUT2D eigenvalue weighted by Crippen LogP contribution is 2.20. The van der Waals surface area contributed by atoms with Crippen LogP contribution in [0.4, 0.5) is 0 Å². The molecule has 1 aromatic carbocycles. The van der Waals surface area contributed by atoms with Gasteiger partial charge < -0.3 is 9.47 Å². The number of benzene rings is 1. The SMILES string of the molecule is CCOC(=O)c1ccc(OCC(C)C)cc1CC. The molecule has 100 valence electrons. The Kier molecular flexibility index (Phi) is 5.69. The fraction of sp³-hybridized carbons (Fsp3) is 0.533. The van der Waals surface area contributed by atoms with E-state index in [2.05, 4.69) is 13.8 Å². The summed E-state index contributed by atoms with van der Waals surface area (Å²) < 4.78 is 10.7. The number of aryl methyl sites for hydroxylation is 1. The van der Waals surface area contributed by atoms with Gasteiger partial charge in [-0.2, -0.15) is 0 Å². The maximum absolute atomic E-state index is 11.7. The molecule has 18 heavy (non-hydrogen) atoms. The number of carbonyl (C=O) groups is 1. The van der Waals surface area contributed by atoms with E-state index in [1.165, 1.54) is 0 Å². The lowest BCUT2D eigenvalue weighted by molar-refractivity contribution is 0.0525. The summed E-state index contributed by atoms with van der Waals surface area (Å²) in [6.45, 7) is 9.12. The van der Waals surface area contributed by atoms with Crippen LogP contribution in [0.15, 0.2) is 18.2 Å². The highest BCUT2D eigenvalue weighted by atomic mass is 16.5. The Hall–Kier alpha value is -1.51. The Morgan fingerprint density at radius 2 is 2.00 bits per heavy atom. The zero-order valence-electron chi connectivity index (χ0n) is 11.7. The van der Waals surface area contributed by atoms with E-state index in [9.17, 15) is 4.79 Å². The van der Waals surface area contributed by atoms with Gasteiger partial charge >= 0.3 is 5.97 Å². The summed E-state index contributed by atoms with van der Waals surface area (Å²) in [5, 5.41) is 0. The van der Waals surface area contributed by atoms with E-state index in [1.807, 2.05) is 26.0 Å². The molecule has 1 aromatic rings. The molecule has 0 unspecified atom stereocenters. The van der Waals surface area contributed by atoms with Crippen molar-refractivity contribution >= 4 is 5.97 Å². The lowest BCUT2D eigenvalue weighted by atomic mass is 10.0. The van der Waals surface area contributed by atoms with Gasteiger partial charge in [-0.15, -0.1) is 0 Å². The quantitative estimate of drug-likeness (QED) is 0.725. The van der Waals surface area contributed by atoms with Crippen molar-refractivity contribution in [3.05, 3.63) is 29.3 Å². The number of hydrogen-bond donors (Lipinski definition) is 0. The van der Waals surface area contributed by atoms with E-state index in [0.717, 1.165) is 17.7 Å². The van der Waals surface area contributed by atoms with Crippen LogP contribution < -0.4 is 4.74 Å². The van der Waals surface area contributed by atoms with Crippen LogP contribution in [-0.2, 0) is 11.2 Å². The zero-order chi connectivity index (χ0) is 13.5. The van der Waals surface area contributed by atoms with Gasteiger partial charge in [-0.3, -0.25) is 0 Å². The van der Waals surface area contributed by atoms with Crippen molar-refractivity contribution in [3.63, 3.8) is 0 Å². The topological polar surface area (TPSA) is 35.5 Å². The van der Waals surface area contributed by atoms with Crippen LogP contribution in [0.3, 0.4) is 0 Å². The van der Waals surface area contributed by atoms with Crippen molar-refractivity contribution in [2.24, 2.45) is 5.92 Å². The van der Waals surface area contributed by atoms with Gasteiger partial charge in [-0.25, -0.2) is 4.79 Å². The highest BCUT2D eigenvalue weighted by molar-refractivity contribution is 5.91. The zero-order valence-corrected chi connectivity index (χ0v) is 11.7. The largest absolute Gasteiger partial charge is 0.493 e. The molecule has 0 aliphatic carbocycles. The van der Waals surface area contributed by atoms with Gasteiger partial charge in [-0.05, 0) is 43.0 Å². The summed E-state index contributed by atoms with van der Waals surface area (Å²) in [4.78, 5) is 11.7. The smallest absolute Gasteiger partial charge is 0.338 e. The van der Waals surface area contributed by atoms with Crippen molar-refractivity contribution < 1.29 is 14.3 Å². The summed E-state index contributed by atoms with van der Waals surface area (Å²) in [5.74, 6) is 1.04. The molecule has 0 bridgehead atoms. The van der Waals surface area contributed by atoms with Gasteiger partial charge in [0, 0.05) is 0 Å². The minimum atomic E-state index is -0.259. The van der Waals surface area contributed by atoms with Crippen LogP contribution in [0, 0.1) is 5.92 Å². The second-order valence-electron chi connectivity index (χ2n) is 4.60. The van der Waals surface area contributed by atoms with Crippen LogP contribution >= 0.6 is 0 Å². The third kappa shape index (κ3) is 4.06. The minimum absolute atomic E-state index is 0.259. The fourth-order valence-electron chi connectivity index (χ4n) is 1.62. The summed E-state index contributed by atoms with van der Waals surface area (Å²) >= 11 is 0. The highest BCUT2D eigenvalue weighted by Gasteiger charge is 2.12. The Morgan fingerprint density at radius 3 is 2.56 bits per heavy atom. The van der Waals surface area contributed by atoms with Crippen molar-refractivity contribution in [1.29, 1.82) is 0 Å². The number of hydrogen-bond acceptors (Lipinski definition) is 3. The number of rotatable bonds is 6. The average Bonchev–Trinajstić information content (AvgIpc) is 2.36. The molecular weight excluding hydrogens is 228 g/mol. The molecule has 0 aliphatic heterocycles. The lowest BCUT2D eigenvalue weighted by Gasteiger charge is -2.12. The van der Waals surface area contributed by atoms with Crippen LogP contribution in [0.25, 0.3) is 0 Å². The maximum Gasteiger partial charge on any atom is 0.338 e. The van der Waals surface area contributed by atoms with Gasteiger partial charge in [0.1, 0.15) is 5.75 Å². The van der Waals surface area contributed by atoms with E-state index in [1.54, 1.807) is 6.07 Å². The first-order chi connectivity index (χ1) is 8.58. The Balaban J connectivity index is 2.86. The molecule has 3 nitrogen and oxygen atoms in total. The molecule has 1 rings (SSSR count). The van der Waals surface area contributed by atoms with Crippen LogP contribution in [0.2, 0.25) is 0 Å². The molecule has 0 aromatic heterocycles. The van der Waals surface area contributed by atoms with Crippen LogP contribution in [0.5, 0.6) is 5.75 Å². The van der Waals surface area contributed by atoms with Gasteiger partial charge in [0.25, 0.3) is 0 Å². The van der Waals surface area contributed by atoms with Gasteiger partial charge in [0.15, 0.2) is 0 Å². The molecule has 0 heterocycles. The molecule has 0 spiro atoms. The first-order valence-corrected chi connectivity index (χ1v) is 6.51. The number of ether oxygens (including phenoxy) is 2. The summed E-state index contributed by atoms with van der Waals surface area (Å²) in [6.07, 6.45) is 0.785. The molecular formula is C15H22O3. The van der Waals surface area contributed by atoms with Gasteiger partial charge in [-0.1, -0.05) is 20.8 Å². The lowest BCUT2D eigenvalue weighted by Crippen LogP contribution is -2.09. The standard InChI is InChI=1S/C15H22O3/c1-5-12-9-13(18-10-11(3)4)7-8-14(12)15(16)17-6-2/h7-9,11H,5-6,10H2,1-4H3. The Labute approximate surface area is 109 Å². The van der Waals surface area contributed by atoms with E-state index in [0.29, 0.717) is 24.7 Å². The predicted octanol–water partition coefficient (Wildman–Crippen LogP) is 3.46. The van der Waals surface area contributed by atoms with Crippen molar-refractivity contribution in [3.8, 4) is 5.75 Å². The average molecular weight is 250 g/mol. The van der Waals surface area contributed by atoms with Crippen LogP contribution in [0.1, 0.15) is 43.6 Å². The second-order valence-corrected chi connectivity index (χ2v) is 4.60. The normalized spacial score (nSPS) is 10.5. The molecule has 0 radical (unpaired) electrons. The molecule has 3 heteroatoms. The first kappa shape index (κ1) is 14.6. The summed E-state index contributed by atoms with van der Waals surface area (Å²) in [5.41, 5.74) is 1.60. The Morgan fingerprint density at radius 1 is 1.28 bits per heavy atom. The molecule has 0 aliphatic rings. The van der Waals surface area contributed by atoms with Crippen molar-refractivity contribution in [1.82, 2.24) is 0 Å². The first-order valence-electron chi connectivity index (χ1n) is 6.51. The van der Waals surface area contributed by atoms with Crippen LogP contribution in [-0.4, -0.2) is 19.2 Å². The third-order valence-corrected chi connectivity index (χ3v) is 2.54. The minimum Gasteiger partial charge on any atom is -0.493 e. The summed E-state index contributed by atoms with van der Waals surface area (Å²) in [7, 11) is 0. The number of esters is 1. The van der Waals surface area contributed by atoms with E-state index < -0.39 is 0 Å². The van der Waals surface area contributed by atoms with Crippen molar-refractivity contribution in [2.75, 3.05) is 13.2 Å². The summed E-state index contributed by atoms with van der Waals surface area (Å²) in [6, 6.07) is 5.54. The van der Waals surface area contributed by atoms with E-state index >= 15 is 0 Å². The molecule has 0 atom stereocenters. The third-order valence-electron chi connectivity index (χ3n) is 2.54. The Bertz CT molecular complexity index is 397. The van der Waals surface area contributed by atoms with E-state index in [-0.39, 0.29) is 5.97 Å². The monoisotopic (exact) mass is 250 g/mol. The van der Waals surface area contributed by atoms with Crippen molar-refractivity contribution in [2.45, 2.75) is 34.1 Å². The maximum atomic E-state index is 11.7. The van der Waals surface area contributed by atoms with Gasteiger partial charge in [0.2, 0.25) is 0 Å². The van der Waals surface area contributed by atoms with Gasteiger partial charge in [0.05, 0.1) is 18.8 Å². The van der Waals surface area contributed by atoms with E-state index in [4.69, 9.17) is 9.47 Å². The molecule has 0 saturated carbocycles. The fourth-order valence-corrected chi connectivity index (χ4v) is 1.62. The second kappa shape index (κ2) is 7.04. The predicted molar refractivity (Wildman–Crippen MR) is 72.1 cm³/mol. The molecule has 0 fully saturated rings. The molecule has 0 saturated heterocycles.